The van der Waals surface area contributed by atoms with Gasteiger partial charge in [-0.1, -0.05) is 0 Å². The van der Waals surface area contributed by atoms with Crippen molar-refractivity contribution in [1.29, 1.82) is 0 Å². The maximum atomic E-state index is 10.6. The molecule has 2 rings (SSSR count). The first kappa shape index (κ1) is 8.74. The van der Waals surface area contributed by atoms with Crippen molar-refractivity contribution in [1.82, 2.24) is 4.98 Å². The Kier molecular flexibility index (Phi) is 1.95. The van der Waals surface area contributed by atoms with Crippen molar-refractivity contribution in [2.24, 2.45) is 0 Å². The molecule has 14 heavy (non-hydrogen) atoms. The molecule has 0 aliphatic heterocycles. The van der Waals surface area contributed by atoms with Crippen LogP contribution in [0, 0.1) is 10.1 Å². The standard InChI is InChI=1S/C8H9N3O3/c9-8-3-7(14-5-1-2-5)6(4-10-8)11(12)13/h3-5H,1-2H2,(H2,9,10). The fourth-order valence-corrected chi connectivity index (χ4v) is 1.04. The number of anilines is 1. The highest BCUT2D eigenvalue weighted by molar-refractivity contribution is 5.50. The monoisotopic (exact) mass is 195 g/mol. The van der Waals surface area contributed by atoms with E-state index in [1.54, 1.807) is 0 Å². The molecule has 1 aromatic rings. The molecule has 1 saturated carbocycles. The Morgan fingerprint density at radius 1 is 1.64 bits per heavy atom. The first-order valence-corrected chi connectivity index (χ1v) is 4.23. The van der Waals surface area contributed by atoms with E-state index >= 15 is 0 Å². The number of nitrogen functional groups attached to an aromatic ring is 1. The number of aromatic nitrogens is 1. The maximum Gasteiger partial charge on any atom is 0.329 e. The van der Waals surface area contributed by atoms with E-state index in [2.05, 4.69) is 4.98 Å². The summed E-state index contributed by atoms with van der Waals surface area (Å²) < 4.78 is 5.34. The molecule has 2 N–H and O–H groups in total. The van der Waals surface area contributed by atoms with Crippen LogP contribution < -0.4 is 10.5 Å². The normalized spacial score (nSPS) is 15.1. The predicted molar refractivity (Wildman–Crippen MR) is 49.0 cm³/mol. The van der Waals surface area contributed by atoms with E-state index in [1.165, 1.54) is 6.07 Å². The summed E-state index contributed by atoms with van der Waals surface area (Å²) in [6.45, 7) is 0. The van der Waals surface area contributed by atoms with Gasteiger partial charge in [0.25, 0.3) is 0 Å². The second-order valence-electron chi connectivity index (χ2n) is 3.15. The molecule has 0 bridgehead atoms. The van der Waals surface area contributed by atoms with Crippen molar-refractivity contribution in [3.05, 3.63) is 22.4 Å². The molecule has 6 heteroatoms. The molecule has 0 spiro atoms. The number of rotatable bonds is 3. The first-order chi connectivity index (χ1) is 6.66. The summed E-state index contributed by atoms with van der Waals surface area (Å²) in [5, 5.41) is 10.6. The van der Waals surface area contributed by atoms with Gasteiger partial charge in [-0.25, -0.2) is 4.98 Å². The van der Waals surface area contributed by atoms with Crippen LogP contribution in [0.1, 0.15) is 12.8 Å². The lowest BCUT2D eigenvalue weighted by atomic mass is 10.4. The van der Waals surface area contributed by atoms with Crippen LogP contribution in [0.4, 0.5) is 11.5 Å². The summed E-state index contributed by atoms with van der Waals surface area (Å²) in [5.74, 6) is 0.441. The predicted octanol–water partition coefficient (Wildman–Crippen LogP) is 1.11. The van der Waals surface area contributed by atoms with E-state index in [1.807, 2.05) is 0 Å². The lowest BCUT2D eigenvalue weighted by Crippen LogP contribution is -2.02. The van der Waals surface area contributed by atoms with Crippen LogP contribution in [-0.4, -0.2) is 16.0 Å². The SMILES string of the molecule is Nc1cc(OC2CC2)c([N+](=O)[O-])cn1. The van der Waals surface area contributed by atoms with Gasteiger partial charge in [0.1, 0.15) is 12.0 Å². The zero-order valence-corrected chi connectivity index (χ0v) is 7.34. The molecule has 0 amide bonds. The van der Waals surface area contributed by atoms with Crippen LogP contribution in [0.3, 0.4) is 0 Å². The number of nitrogens with two attached hydrogens (primary N) is 1. The molecule has 74 valence electrons. The van der Waals surface area contributed by atoms with Crippen molar-refractivity contribution >= 4 is 11.5 Å². The number of ether oxygens (including phenoxy) is 1. The molecule has 6 nitrogen and oxygen atoms in total. The largest absolute Gasteiger partial charge is 0.483 e. The lowest BCUT2D eigenvalue weighted by Gasteiger charge is -2.04. The van der Waals surface area contributed by atoms with E-state index in [0.717, 1.165) is 19.0 Å². The van der Waals surface area contributed by atoms with Gasteiger partial charge in [0.05, 0.1) is 11.0 Å². The molecule has 1 aliphatic carbocycles. The van der Waals surface area contributed by atoms with Crippen LogP contribution in [0.5, 0.6) is 5.75 Å². The van der Waals surface area contributed by atoms with Gasteiger partial charge >= 0.3 is 5.69 Å². The smallest absolute Gasteiger partial charge is 0.329 e. The summed E-state index contributed by atoms with van der Waals surface area (Å²) in [6.07, 6.45) is 3.11. The van der Waals surface area contributed by atoms with Crippen LogP contribution in [0.2, 0.25) is 0 Å². The van der Waals surface area contributed by atoms with Gasteiger partial charge in [-0.3, -0.25) is 10.1 Å². The molecule has 1 aromatic heterocycles. The number of pyridine rings is 1. The highest BCUT2D eigenvalue weighted by Crippen LogP contribution is 2.33. The lowest BCUT2D eigenvalue weighted by molar-refractivity contribution is -0.386. The Bertz CT molecular complexity index is 376. The summed E-state index contributed by atoms with van der Waals surface area (Å²) in [6, 6.07) is 1.39. The van der Waals surface area contributed by atoms with Crippen molar-refractivity contribution in [3.63, 3.8) is 0 Å². The van der Waals surface area contributed by atoms with Gasteiger partial charge in [-0.15, -0.1) is 0 Å². The third kappa shape index (κ3) is 1.73. The van der Waals surface area contributed by atoms with E-state index in [-0.39, 0.29) is 23.4 Å². The van der Waals surface area contributed by atoms with Crippen molar-refractivity contribution in [2.75, 3.05) is 5.73 Å². The van der Waals surface area contributed by atoms with Crippen LogP contribution in [0.15, 0.2) is 12.3 Å². The Labute approximate surface area is 79.8 Å². The molecule has 1 fully saturated rings. The molecule has 0 saturated heterocycles. The van der Waals surface area contributed by atoms with Gasteiger partial charge < -0.3 is 10.5 Å². The van der Waals surface area contributed by atoms with Gasteiger partial charge in [-0.2, -0.15) is 0 Å². The second kappa shape index (κ2) is 3.13. The molecule has 0 aromatic carbocycles. The van der Waals surface area contributed by atoms with Crippen molar-refractivity contribution < 1.29 is 9.66 Å². The van der Waals surface area contributed by atoms with Gasteiger partial charge in [0.2, 0.25) is 5.75 Å². The quantitative estimate of drug-likeness (QED) is 0.576. The Morgan fingerprint density at radius 2 is 2.36 bits per heavy atom. The Balaban J connectivity index is 2.31. The van der Waals surface area contributed by atoms with Crippen molar-refractivity contribution in [2.45, 2.75) is 18.9 Å². The van der Waals surface area contributed by atoms with Gasteiger partial charge in [0.15, 0.2) is 0 Å². The maximum absolute atomic E-state index is 10.6. The van der Waals surface area contributed by atoms with Crippen LogP contribution in [-0.2, 0) is 0 Å². The van der Waals surface area contributed by atoms with E-state index < -0.39 is 4.92 Å². The van der Waals surface area contributed by atoms with Gasteiger partial charge in [-0.05, 0) is 12.8 Å². The average Bonchev–Trinajstić information content (AvgIpc) is 2.87. The van der Waals surface area contributed by atoms with Crippen LogP contribution in [0.25, 0.3) is 0 Å². The third-order valence-corrected chi connectivity index (χ3v) is 1.88. The first-order valence-electron chi connectivity index (χ1n) is 4.23. The number of nitrogens with zero attached hydrogens (tertiary/aromatic N) is 2. The molecular weight excluding hydrogens is 186 g/mol. The van der Waals surface area contributed by atoms with Crippen molar-refractivity contribution in [3.8, 4) is 5.75 Å². The number of nitro groups is 1. The van der Waals surface area contributed by atoms with Crippen LogP contribution >= 0.6 is 0 Å². The molecule has 1 heterocycles. The zero-order valence-electron chi connectivity index (χ0n) is 7.34. The molecular formula is C8H9N3O3. The minimum atomic E-state index is -0.524. The molecule has 0 radical (unpaired) electrons. The fourth-order valence-electron chi connectivity index (χ4n) is 1.04. The number of hydrogen-bond donors (Lipinski definition) is 1. The topological polar surface area (TPSA) is 91.3 Å². The molecule has 0 atom stereocenters. The summed E-state index contributed by atoms with van der Waals surface area (Å²) in [5.41, 5.74) is 5.28. The summed E-state index contributed by atoms with van der Waals surface area (Å²) >= 11 is 0. The summed E-state index contributed by atoms with van der Waals surface area (Å²) in [4.78, 5) is 13.7. The third-order valence-electron chi connectivity index (χ3n) is 1.88. The Morgan fingerprint density at radius 3 is 2.93 bits per heavy atom. The zero-order chi connectivity index (χ0) is 10.1. The highest BCUT2D eigenvalue weighted by atomic mass is 16.6. The minimum Gasteiger partial charge on any atom is -0.483 e. The van der Waals surface area contributed by atoms with E-state index in [9.17, 15) is 10.1 Å². The fraction of sp³-hybridized carbons (Fsp3) is 0.375. The molecule has 1 aliphatic rings. The summed E-state index contributed by atoms with van der Waals surface area (Å²) in [7, 11) is 0. The van der Waals surface area contributed by atoms with Gasteiger partial charge in [0, 0.05) is 6.07 Å². The Hall–Kier alpha value is -1.85. The minimum absolute atomic E-state index is 0.107. The number of hydrogen-bond acceptors (Lipinski definition) is 5. The average molecular weight is 195 g/mol. The second-order valence-corrected chi connectivity index (χ2v) is 3.15. The highest BCUT2D eigenvalue weighted by Gasteiger charge is 2.27. The molecule has 0 unspecified atom stereocenters. The van der Waals surface area contributed by atoms with E-state index in [0.29, 0.717) is 0 Å². The van der Waals surface area contributed by atoms with E-state index in [4.69, 9.17) is 10.5 Å².